The highest BCUT2D eigenvalue weighted by molar-refractivity contribution is 7.31. The lowest BCUT2D eigenvalue weighted by Crippen LogP contribution is -3.00. The quantitative estimate of drug-likeness (QED) is 0.0289. The van der Waals surface area contributed by atoms with Crippen LogP contribution in [0.1, 0.15) is 335 Å². The van der Waals surface area contributed by atoms with E-state index in [1.165, 1.54) is 28.5 Å². The summed E-state index contributed by atoms with van der Waals surface area (Å²) in [5.41, 5.74) is 5.44. The predicted octanol–water partition coefficient (Wildman–Crippen LogP) is 32.0. The minimum Gasteiger partial charge on any atom is -1.00 e. The van der Waals surface area contributed by atoms with Crippen LogP contribution in [-0.2, 0) is 48.2 Å². The maximum atomic E-state index is 16.5. The van der Waals surface area contributed by atoms with E-state index in [2.05, 4.69) is 209 Å². The van der Waals surface area contributed by atoms with Crippen molar-refractivity contribution in [2.45, 2.75) is 407 Å². The van der Waals surface area contributed by atoms with Crippen LogP contribution in [-0.4, -0.2) is 93.6 Å². The van der Waals surface area contributed by atoms with E-state index >= 15 is 28.8 Å². The number of halogens is 8. The molecule has 0 spiro atoms. The molecule has 143 heavy (non-hydrogen) atoms. The van der Waals surface area contributed by atoms with E-state index in [4.69, 9.17) is 4.42 Å². The Kier molecular flexibility index (Phi) is 39.0. The van der Waals surface area contributed by atoms with E-state index in [-0.39, 0.29) is 94.5 Å². The van der Waals surface area contributed by atoms with Gasteiger partial charge in [-0.25, -0.2) is 14.1 Å². The lowest BCUT2D eigenvalue weighted by atomic mass is 10.2. The molecule has 0 saturated heterocycles. The van der Waals surface area contributed by atoms with Crippen molar-refractivity contribution in [1.82, 2.24) is 28.2 Å². The number of hydrogen-bond acceptors (Lipinski definition) is 4. The van der Waals surface area contributed by atoms with Crippen LogP contribution in [0.15, 0.2) is 198 Å². The van der Waals surface area contributed by atoms with Gasteiger partial charge in [-0.1, -0.05) is 402 Å². The molecule has 9 heterocycles. The summed E-state index contributed by atoms with van der Waals surface area (Å²) in [6.07, 6.45) is 13.4. The summed E-state index contributed by atoms with van der Waals surface area (Å²) in [5.74, 6) is 0.941. The van der Waals surface area contributed by atoms with Crippen molar-refractivity contribution in [3.63, 3.8) is 0 Å². The average Bonchev–Trinajstić information content (AvgIpc) is 1.59. The number of thiophene rings is 1. The van der Waals surface area contributed by atoms with Crippen LogP contribution in [0.5, 0.6) is 0 Å². The van der Waals surface area contributed by atoms with Gasteiger partial charge in [0.15, 0.2) is 0 Å². The Bertz CT molecular complexity index is 5980. The van der Waals surface area contributed by atoms with Gasteiger partial charge in [-0.05, 0) is 184 Å². The molecule has 13 rings (SSSR count). The van der Waals surface area contributed by atoms with Gasteiger partial charge in [-0.3, -0.25) is 0 Å². The Morgan fingerprint density at radius 1 is 0.378 bits per heavy atom. The topological polar surface area (TPSA) is 52.9 Å². The van der Waals surface area contributed by atoms with Crippen LogP contribution in [0.2, 0.25) is 70.5 Å². The third-order valence-electron chi connectivity index (χ3n) is 30.1. The smallest absolute Gasteiger partial charge is 0.330 e. The Labute approximate surface area is 891 Å². The first-order chi connectivity index (χ1) is 64.1. The zero-order chi connectivity index (χ0) is 109. The molecule has 0 saturated carbocycles. The molecule has 0 aliphatic carbocycles. The van der Waals surface area contributed by atoms with E-state index in [0.29, 0.717) is 5.38 Å². The number of pyridine rings is 2. The monoisotopic (exact) mass is 2220 g/mol. The number of fused-ring (bicyclic) bond motifs is 5. The largest absolute Gasteiger partial charge is 1.00 e. The van der Waals surface area contributed by atoms with Gasteiger partial charge >= 0.3 is 42.0 Å². The summed E-state index contributed by atoms with van der Waals surface area (Å²) in [6, 6.07) is 55.0. The van der Waals surface area contributed by atoms with Gasteiger partial charge in [0.05, 0.1) is 25.7 Å². The molecule has 0 bridgehead atoms. The zero-order valence-electron chi connectivity index (χ0n) is 97.8. The minimum absolute atomic E-state index is 0. The lowest BCUT2D eigenvalue weighted by Gasteiger charge is -2.47. The van der Waals surface area contributed by atoms with Crippen molar-refractivity contribution in [2.24, 2.45) is 35.2 Å². The molecular weight excluding hydrogens is 2030 g/mol. The van der Waals surface area contributed by atoms with Crippen molar-refractivity contribution >= 4 is 155 Å². The van der Waals surface area contributed by atoms with E-state index in [1.807, 2.05) is 339 Å². The first-order valence-corrected chi connectivity index (χ1v) is 65.9. The molecule has 4 aromatic carbocycles. The number of aryl methyl sites for hydroxylation is 6. The second-order valence-electron chi connectivity index (χ2n) is 55.1. The van der Waals surface area contributed by atoms with Crippen LogP contribution < -0.4 is 59.6 Å². The SMILES string of the molecule is CC(C)(C)[Si](F)(C1=CCCN1Cc1ccccc1)C(C)(C)C.CC(C)(C)[Si](F)(c1cc2ccccc2s1)C(C)(C)C.CCCCCc1ccc([Si](F)(C(C)(C)C)C(C)(C)C)o1.Cn1c([Si](F)(C(C)(C)C)C(C)(C)C)cc2ccc[n+](C)c21.Cn1c([Si](F)(C(C)(C)C)C(C)(C)C)cc2ccccc21.Cn1c([Si](F)(C(C)(C)C)C(C)(C)C)cc2cccnc21.Cn1cc([Si](F)(C(C)(C)C)C(C)(C)C)c2ccccc21.[I-]. The molecule has 0 unspecified atom stereocenters. The average molecular weight is 2220 g/mol. The molecule has 1 aliphatic rings. The predicted molar refractivity (Wildman–Crippen MR) is 626 cm³/mol. The maximum absolute atomic E-state index is 16.5. The van der Waals surface area contributed by atoms with Gasteiger partial charge in [-0.2, -0.15) is 0 Å². The van der Waals surface area contributed by atoms with E-state index in [0.717, 1.165) is 113 Å². The highest BCUT2D eigenvalue weighted by atomic mass is 127. The molecule has 0 atom stereocenters. The van der Waals surface area contributed by atoms with Gasteiger partial charge in [-0.15, -0.1) is 11.3 Å². The second-order valence-corrected chi connectivity index (χ2v) is 90.4. The fourth-order valence-electron chi connectivity index (χ4n) is 24.1. The number of benzene rings is 4. The van der Waals surface area contributed by atoms with Crippen LogP contribution in [0, 0.1) is 0 Å². The molecule has 796 valence electrons. The normalized spacial score (nSPS) is 14.3. The standard InChI is InChI=1S/C19H30FNSi.C17H28FN2Si.2C17H26FNSi.C17H31FOSi.C16H25FN2Si.C16H23FSSi.HI/c1-18(2,3)22(20,19(4,5)6)17-13-10-14-21(17)15-16-11-8-7-9-12-16;1-16(2,3)21(18,17(4,5)6)14-12-13-10-9-11-19(7)15(13)20(14)8;1-16(2,3)20(18,17(4,5)6)15-12-19(7)14-11-9-8-10-13(14)15;1-16(2,3)20(18,17(4,5)6)15-12-13-10-8-9-11-14(13)19(15)7;1-8-9-10-11-14-12-13-15(19-14)20(18,16(2,3)4)17(5,6)7;1-15(2,3)20(17,16(4,5)6)13-11-12-9-8-10-18-14(12)19(13)7;1-15(2,3)19(17,16(4,5)6)14-11-12-9-7-8-10-13(12)18-14;/h7-9,11-13H,10,14-15H2,1-6H3;9-12H,1-8H3;2*8-12H,1-7H3;12-13H,8-11H2,1-7H3;8-11H,1-7H3;7-11H,1-6H3;1H/q;+1;;;;;;/p-1. The molecule has 24 heteroatoms. The summed E-state index contributed by atoms with van der Waals surface area (Å²) in [6.45, 7) is 89.7. The highest BCUT2D eigenvalue weighted by Gasteiger charge is 2.66. The molecule has 12 aromatic rings. The fraction of sp³-hybridized carbons (Fsp3) is 0.580. The van der Waals surface area contributed by atoms with Gasteiger partial charge in [0.25, 0.3) is 22.5 Å². The number of nitrogens with zero attached hydrogens (tertiary/aromatic N) is 7. The third-order valence-corrected chi connectivity index (χ3v) is 68.8. The van der Waals surface area contributed by atoms with Gasteiger partial charge in [0, 0.05) is 100 Å². The number of aromatic nitrogens is 6. The van der Waals surface area contributed by atoms with Crippen LogP contribution in [0.25, 0.3) is 54.0 Å². The minimum atomic E-state index is -3.23. The maximum Gasteiger partial charge on any atom is 0.330 e. The van der Waals surface area contributed by atoms with Gasteiger partial charge in [0.1, 0.15) is 22.1 Å². The summed E-state index contributed by atoms with van der Waals surface area (Å²) in [5, 5.41) is 5.95. The highest BCUT2D eigenvalue weighted by Crippen LogP contribution is 2.61. The summed E-state index contributed by atoms with van der Waals surface area (Å²) in [4.78, 5) is 6.69. The number of hydrogen-bond donors (Lipinski definition) is 0. The van der Waals surface area contributed by atoms with Crippen molar-refractivity contribution < 1.29 is 61.7 Å². The molecule has 0 amide bonds. The second kappa shape index (κ2) is 44.4. The molecular formula is C119H189F7IN7OSSi7. The fourth-order valence-corrected chi connectivity index (χ4v) is 59.9. The number of rotatable bonds is 13. The number of unbranched alkanes of at least 4 members (excludes halogenated alkanes) is 2. The number of para-hydroxylation sites is 2. The van der Waals surface area contributed by atoms with Crippen molar-refractivity contribution in [3.05, 3.63) is 205 Å². The molecule has 1 aliphatic heterocycles. The van der Waals surface area contributed by atoms with Gasteiger partial charge < -0.3 is 75.7 Å². The van der Waals surface area contributed by atoms with Crippen LogP contribution >= 0.6 is 11.3 Å². The van der Waals surface area contributed by atoms with Gasteiger partial charge in [0.2, 0.25) is 0 Å². The van der Waals surface area contributed by atoms with Crippen LogP contribution in [0.4, 0.5) is 28.8 Å². The summed E-state index contributed by atoms with van der Waals surface area (Å²) < 4.78 is 132. The Morgan fingerprint density at radius 3 is 1.20 bits per heavy atom. The van der Waals surface area contributed by atoms with Crippen molar-refractivity contribution in [1.29, 1.82) is 0 Å². The Hall–Kier alpha value is -6.12. The summed E-state index contributed by atoms with van der Waals surface area (Å²) >= 11 is 1.64. The van der Waals surface area contributed by atoms with E-state index in [9.17, 15) is 0 Å². The molecule has 0 fully saturated rings. The Morgan fingerprint density at radius 2 is 0.769 bits per heavy atom. The molecule has 8 aromatic heterocycles. The third kappa shape index (κ3) is 25.0. The summed E-state index contributed by atoms with van der Waals surface area (Å²) in [7, 11) is -12.4. The number of furan rings is 1. The Balaban J connectivity index is 0.000000255. The first kappa shape index (κ1) is 126. The van der Waals surface area contributed by atoms with Crippen molar-refractivity contribution in [3.8, 4) is 0 Å². The molecule has 0 radical (unpaired) electrons. The van der Waals surface area contributed by atoms with Crippen molar-refractivity contribution in [2.75, 3.05) is 6.54 Å². The van der Waals surface area contributed by atoms with Crippen LogP contribution in [0.3, 0.4) is 0 Å². The first-order valence-electron chi connectivity index (χ1n) is 51.9. The molecule has 0 N–H and O–H groups in total. The van der Waals surface area contributed by atoms with E-state index in [1.54, 1.807) is 17.5 Å². The molecule has 8 nitrogen and oxygen atoms in total. The zero-order valence-corrected chi connectivity index (χ0v) is 108. The lowest BCUT2D eigenvalue weighted by molar-refractivity contribution is -0.647. The van der Waals surface area contributed by atoms with E-state index < -0.39 is 58.9 Å².